The summed E-state index contributed by atoms with van der Waals surface area (Å²) in [6.45, 7) is 0.838. The first-order valence-corrected chi connectivity index (χ1v) is 4.25. The molecule has 0 radical (unpaired) electrons. The molecular weight excluding hydrogens is 162 g/mol. The van der Waals surface area contributed by atoms with E-state index in [1.54, 1.807) is 0 Å². The van der Waals surface area contributed by atoms with Crippen LogP contribution >= 0.6 is 12.4 Å². The lowest BCUT2D eigenvalue weighted by molar-refractivity contribution is 0.0621. The number of hydrogen-bond acceptors (Lipinski definition) is 2. The van der Waals surface area contributed by atoms with Crippen molar-refractivity contribution in [3.63, 3.8) is 0 Å². The van der Waals surface area contributed by atoms with Gasteiger partial charge in [-0.1, -0.05) is 0 Å². The Hall–Kier alpha value is 0.210. The smallest absolute Gasteiger partial charge is 0.0652 e. The molecule has 2 N–H and O–H groups in total. The first kappa shape index (κ1) is 7.84. The van der Waals surface area contributed by atoms with Crippen LogP contribution in [0.3, 0.4) is 0 Å². The Morgan fingerprint density at radius 1 is 1.27 bits per heavy atom. The van der Waals surface area contributed by atoms with Gasteiger partial charge >= 0.3 is 0 Å². The van der Waals surface area contributed by atoms with Crippen LogP contribution in [0.15, 0.2) is 0 Å². The van der Waals surface area contributed by atoms with Crippen LogP contribution in [-0.4, -0.2) is 18.8 Å². The highest BCUT2D eigenvalue weighted by atomic mass is 35.5. The van der Waals surface area contributed by atoms with Gasteiger partial charge in [0.05, 0.1) is 12.2 Å². The molecular formula is C8H14ClNO. The molecule has 2 nitrogen and oxygen atoms in total. The van der Waals surface area contributed by atoms with Crippen LogP contribution in [0.2, 0.25) is 0 Å². The minimum Gasteiger partial charge on any atom is -0.374 e. The highest BCUT2D eigenvalue weighted by molar-refractivity contribution is 5.85. The van der Waals surface area contributed by atoms with E-state index >= 15 is 0 Å². The summed E-state index contributed by atoms with van der Waals surface area (Å²) in [4.78, 5) is 0. The van der Waals surface area contributed by atoms with Crippen molar-refractivity contribution in [1.29, 1.82) is 0 Å². The molecule has 2 bridgehead atoms. The summed E-state index contributed by atoms with van der Waals surface area (Å²) < 4.78 is 5.76. The van der Waals surface area contributed by atoms with Crippen molar-refractivity contribution in [2.45, 2.75) is 25.0 Å². The van der Waals surface area contributed by atoms with Crippen molar-refractivity contribution in [3.05, 3.63) is 0 Å². The van der Waals surface area contributed by atoms with E-state index in [1.807, 2.05) is 0 Å². The summed E-state index contributed by atoms with van der Waals surface area (Å²) >= 11 is 0. The molecule has 0 aromatic carbocycles. The molecule has 3 aliphatic rings. The van der Waals surface area contributed by atoms with Crippen LogP contribution in [0, 0.1) is 17.8 Å². The number of rotatable bonds is 1. The number of nitrogens with two attached hydrogens (primary N) is 1. The quantitative estimate of drug-likeness (QED) is 0.640. The van der Waals surface area contributed by atoms with Crippen molar-refractivity contribution in [2.24, 2.45) is 23.5 Å². The molecule has 2 aliphatic heterocycles. The standard InChI is InChI=1S/C8H13NO.ClH/c9-3-4-1-7-5-2-6(5)8(4)10-7;/h4-8H,1-3,9H2;1H/t4-,5+,6-,7-,8+;/m0./s1. The monoisotopic (exact) mass is 175 g/mol. The van der Waals surface area contributed by atoms with E-state index < -0.39 is 0 Å². The molecule has 0 amide bonds. The van der Waals surface area contributed by atoms with Crippen molar-refractivity contribution in [3.8, 4) is 0 Å². The largest absolute Gasteiger partial charge is 0.374 e. The van der Waals surface area contributed by atoms with Gasteiger partial charge in [0.1, 0.15) is 0 Å². The van der Waals surface area contributed by atoms with Crippen molar-refractivity contribution < 1.29 is 4.74 Å². The van der Waals surface area contributed by atoms with E-state index in [0.29, 0.717) is 18.1 Å². The Bertz CT molecular complexity index is 175. The zero-order valence-corrected chi connectivity index (χ0v) is 7.22. The molecule has 3 heteroatoms. The van der Waals surface area contributed by atoms with Crippen LogP contribution in [0.5, 0.6) is 0 Å². The summed E-state index contributed by atoms with van der Waals surface area (Å²) in [6, 6.07) is 0. The average molecular weight is 176 g/mol. The van der Waals surface area contributed by atoms with Crippen LogP contribution in [-0.2, 0) is 4.74 Å². The Labute approximate surface area is 72.9 Å². The Balaban J connectivity index is 0.000000480. The Morgan fingerprint density at radius 3 is 2.64 bits per heavy atom. The molecule has 0 aromatic rings. The molecule has 0 aromatic heterocycles. The lowest BCUT2D eigenvalue weighted by Gasteiger charge is -2.15. The van der Waals surface area contributed by atoms with E-state index in [0.717, 1.165) is 18.4 Å². The summed E-state index contributed by atoms with van der Waals surface area (Å²) in [5, 5.41) is 0. The highest BCUT2D eigenvalue weighted by Crippen LogP contribution is 2.60. The van der Waals surface area contributed by atoms with Gasteiger partial charge < -0.3 is 10.5 Å². The third kappa shape index (κ3) is 0.865. The first-order valence-electron chi connectivity index (χ1n) is 4.25. The lowest BCUT2D eigenvalue weighted by atomic mass is 9.89. The number of fused-ring (bicyclic) bond motifs is 5. The molecule has 2 saturated heterocycles. The maximum absolute atomic E-state index is 5.76. The number of ether oxygens (including phenoxy) is 1. The molecule has 11 heavy (non-hydrogen) atoms. The van der Waals surface area contributed by atoms with Gasteiger partial charge in [-0.3, -0.25) is 0 Å². The van der Waals surface area contributed by atoms with Gasteiger partial charge in [-0.2, -0.15) is 0 Å². The summed E-state index contributed by atoms with van der Waals surface area (Å²) in [5.74, 6) is 2.58. The second kappa shape index (κ2) is 2.35. The van der Waals surface area contributed by atoms with Crippen molar-refractivity contribution >= 4 is 12.4 Å². The van der Waals surface area contributed by atoms with Gasteiger partial charge in [0.15, 0.2) is 0 Å². The number of hydrogen-bond donors (Lipinski definition) is 1. The normalized spacial score (nSPS) is 57.0. The van der Waals surface area contributed by atoms with E-state index in [-0.39, 0.29) is 12.4 Å². The molecule has 1 saturated carbocycles. The zero-order valence-electron chi connectivity index (χ0n) is 6.40. The number of halogens is 1. The molecule has 1 aliphatic carbocycles. The second-order valence-electron chi connectivity index (χ2n) is 3.93. The predicted octanol–water partition coefficient (Wildman–Crippen LogP) is 0.790. The minimum atomic E-state index is 0. The minimum absolute atomic E-state index is 0. The second-order valence-corrected chi connectivity index (χ2v) is 3.93. The van der Waals surface area contributed by atoms with Gasteiger partial charge in [0.25, 0.3) is 0 Å². The fourth-order valence-corrected chi connectivity index (χ4v) is 2.80. The SMILES string of the molecule is Cl.NC[C@@H]1C[C@@H]2O[C@H]1[C@H]1C[C@H]12. The van der Waals surface area contributed by atoms with Gasteiger partial charge in [0.2, 0.25) is 0 Å². The van der Waals surface area contributed by atoms with Crippen LogP contribution < -0.4 is 5.73 Å². The topological polar surface area (TPSA) is 35.2 Å². The maximum Gasteiger partial charge on any atom is 0.0652 e. The highest BCUT2D eigenvalue weighted by Gasteiger charge is 2.62. The third-order valence-electron chi connectivity index (χ3n) is 3.43. The molecule has 2 heterocycles. The van der Waals surface area contributed by atoms with E-state index in [2.05, 4.69) is 0 Å². The average Bonchev–Trinajstić information content (AvgIpc) is 2.58. The Morgan fingerprint density at radius 2 is 2.09 bits per heavy atom. The predicted molar refractivity (Wildman–Crippen MR) is 44.7 cm³/mol. The zero-order chi connectivity index (χ0) is 6.72. The van der Waals surface area contributed by atoms with E-state index in [9.17, 15) is 0 Å². The lowest BCUT2D eigenvalue weighted by Crippen LogP contribution is -2.26. The van der Waals surface area contributed by atoms with Gasteiger partial charge in [-0.05, 0) is 31.2 Å². The summed E-state index contributed by atoms with van der Waals surface area (Å²) in [7, 11) is 0. The van der Waals surface area contributed by atoms with Crippen LogP contribution in [0.4, 0.5) is 0 Å². The van der Waals surface area contributed by atoms with Gasteiger partial charge in [0, 0.05) is 5.92 Å². The fourth-order valence-electron chi connectivity index (χ4n) is 2.80. The van der Waals surface area contributed by atoms with Crippen molar-refractivity contribution in [2.75, 3.05) is 6.54 Å². The third-order valence-corrected chi connectivity index (χ3v) is 3.43. The molecule has 64 valence electrons. The summed E-state index contributed by atoms with van der Waals surface area (Å²) in [5.41, 5.74) is 5.62. The molecule has 0 unspecified atom stereocenters. The first-order chi connectivity index (χ1) is 4.90. The van der Waals surface area contributed by atoms with Crippen molar-refractivity contribution in [1.82, 2.24) is 0 Å². The van der Waals surface area contributed by atoms with E-state index in [4.69, 9.17) is 10.5 Å². The molecule has 3 rings (SSSR count). The van der Waals surface area contributed by atoms with Gasteiger partial charge in [-0.15, -0.1) is 12.4 Å². The van der Waals surface area contributed by atoms with E-state index in [1.165, 1.54) is 12.8 Å². The van der Waals surface area contributed by atoms with Crippen LogP contribution in [0.25, 0.3) is 0 Å². The van der Waals surface area contributed by atoms with Crippen LogP contribution in [0.1, 0.15) is 12.8 Å². The maximum atomic E-state index is 5.76. The van der Waals surface area contributed by atoms with Gasteiger partial charge in [-0.25, -0.2) is 0 Å². The molecule has 5 atom stereocenters. The Kier molecular flexibility index (Phi) is 1.67. The molecule has 0 spiro atoms. The molecule has 3 fully saturated rings. The fraction of sp³-hybridized carbons (Fsp3) is 1.00. The summed E-state index contributed by atoms with van der Waals surface area (Å²) in [6.07, 6.45) is 3.87.